The highest BCUT2D eigenvalue weighted by Crippen LogP contribution is 2.34. The molecule has 1 amide bonds. The van der Waals surface area contributed by atoms with Crippen LogP contribution in [-0.2, 0) is 9.47 Å². The number of hydrogen-bond donors (Lipinski definition) is 1. The van der Waals surface area contributed by atoms with E-state index >= 15 is 0 Å². The number of likely N-dealkylation sites (tertiary alicyclic amines) is 1. The molecule has 6 rings (SSSR count). The van der Waals surface area contributed by atoms with Gasteiger partial charge in [0.15, 0.2) is 0 Å². The van der Waals surface area contributed by atoms with E-state index in [1.807, 2.05) is 28.4 Å². The Kier molecular flexibility index (Phi) is 4.01. The summed E-state index contributed by atoms with van der Waals surface area (Å²) in [5.41, 5.74) is 3.36. The van der Waals surface area contributed by atoms with Gasteiger partial charge in [0.05, 0.1) is 23.8 Å². The largest absolute Gasteiger partial charge is 0.381 e. The van der Waals surface area contributed by atoms with E-state index in [-0.39, 0.29) is 23.6 Å². The molecule has 0 saturated carbocycles. The van der Waals surface area contributed by atoms with E-state index in [9.17, 15) is 9.59 Å². The van der Waals surface area contributed by atoms with Crippen LogP contribution in [0.1, 0.15) is 46.9 Å². The summed E-state index contributed by atoms with van der Waals surface area (Å²) < 4.78 is 13.2. The number of benzene rings is 1. The number of fused-ring (bicyclic) bond motifs is 5. The third-order valence-corrected chi connectivity index (χ3v) is 6.79. The lowest BCUT2D eigenvalue weighted by Gasteiger charge is -2.27. The van der Waals surface area contributed by atoms with Gasteiger partial charge in [-0.05, 0) is 43.9 Å². The first kappa shape index (κ1) is 18.1. The predicted molar refractivity (Wildman–Crippen MR) is 110 cm³/mol. The van der Waals surface area contributed by atoms with Gasteiger partial charge in [0, 0.05) is 37.2 Å². The van der Waals surface area contributed by atoms with Crippen LogP contribution < -0.4 is 5.56 Å². The monoisotopic (exact) mass is 408 g/mol. The molecule has 0 aliphatic carbocycles. The molecule has 3 aromatic rings. The topological polar surface area (TPSA) is 88.9 Å². The number of aromatic nitrogens is 3. The molecule has 8 heteroatoms. The van der Waals surface area contributed by atoms with Crippen LogP contribution in [0.4, 0.5) is 0 Å². The van der Waals surface area contributed by atoms with Crippen molar-refractivity contribution in [2.45, 2.75) is 38.3 Å². The minimum Gasteiger partial charge on any atom is -0.381 e. The van der Waals surface area contributed by atoms with Crippen molar-refractivity contribution in [1.82, 2.24) is 19.3 Å². The molecule has 3 aliphatic heterocycles. The van der Waals surface area contributed by atoms with Crippen molar-refractivity contribution in [3.8, 4) is 0 Å². The molecule has 3 aliphatic rings. The number of amides is 1. The van der Waals surface area contributed by atoms with E-state index in [1.165, 1.54) is 0 Å². The van der Waals surface area contributed by atoms with E-state index in [0.29, 0.717) is 35.7 Å². The summed E-state index contributed by atoms with van der Waals surface area (Å²) in [5, 5.41) is 0. The molecule has 30 heavy (non-hydrogen) atoms. The van der Waals surface area contributed by atoms with E-state index in [4.69, 9.17) is 9.47 Å². The minimum atomic E-state index is -0.195. The Balaban J connectivity index is 1.49. The molecule has 3 fully saturated rings. The summed E-state index contributed by atoms with van der Waals surface area (Å²) in [4.78, 5) is 35.4. The number of imidazole rings is 1. The molecule has 0 unspecified atom stereocenters. The van der Waals surface area contributed by atoms with Crippen molar-refractivity contribution in [2.24, 2.45) is 5.92 Å². The second-order valence-corrected chi connectivity index (χ2v) is 8.71. The van der Waals surface area contributed by atoms with E-state index < -0.39 is 0 Å². The molecule has 2 aromatic heterocycles. The molecule has 2 bridgehead atoms. The molecule has 0 radical (unpaired) electrons. The first-order chi connectivity index (χ1) is 14.6. The second-order valence-electron chi connectivity index (χ2n) is 8.71. The third-order valence-electron chi connectivity index (χ3n) is 6.79. The number of rotatable bonds is 2. The van der Waals surface area contributed by atoms with Crippen LogP contribution in [0.25, 0.3) is 16.6 Å². The molecule has 156 valence electrons. The first-order valence-electron chi connectivity index (χ1n) is 10.6. The number of nitrogens with zero attached hydrogens (tertiary/aromatic N) is 3. The van der Waals surface area contributed by atoms with Crippen LogP contribution in [0.5, 0.6) is 0 Å². The summed E-state index contributed by atoms with van der Waals surface area (Å²) in [5.74, 6) is 1.56. The summed E-state index contributed by atoms with van der Waals surface area (Å²) in [7, 11) is 0. The van der Waals surface area contributed by atoms with Gasteiger partial charge < -0.3 is 19.4 Å². The number of aryl methyl sites for hydroxylation is 1. The highest BCUT2D eigenvalue weighted by Gasteiger charge is 2.42. The van der Waals surface area contributed by atoms with Gasteiger partial charge in [-0.3, -0.25) is 14.0 Å². The Morgan fingerprint density at radius 1 is 1.23 bits per heavy atom. The maximum absolute atomic E-state index is 13.2. The predicted octanol–water partition coefficient (Wildman–Crippen LogP) is 2.20. The van der Waals surface area contributed by atoms with Crippen LogP contribution in [0.2, 0.25) is 0 Å². The van der Waals surface area contributed by atoms with Crippen LogP contribution in [0.3, 0.4) is 0 Å². The Bertz CT molecular complexity index is 1220. The quantitative estimate of drug-likeness (QED) is 0.702. The number of H-pyrrole nitrogens is 1. The smallest absolute Gasteiger partial charge is 0.274 e. The van der Waals surface area contributed by atoms with Gasteiger partial charge in [0.25, 0.3) is 11.5 Å². The van der Waals surface area contributed by atoms with Crippen molar-refractivity contribution in [3.63, 3.8) is 0 Å². The molecule has 5 heterocycles. The van der Waals surface area contributed by atoms with E-state index in [0.717, 1.165) is 49.3 Å². The average Bonchev–Trinajstić information content (AvgIpc) is 3.50. The van der Waals surface area contributed by atoms with E-state index in [2.05, 4.69) is 9.97 Å². The minimum absolute atomic E-state index is 0.0298. The Morgan fingerprint density at radius 2 is 2.07 bits per heavy atom. The van der Waals surface area contributed by atoms with Crippen molar-refractivity contribution in [2.75, 3.05) is 26.4 Å². The lowest BCUT2D eigenvalue weighted by Crippen LogP contribution is -2.40. The highest BCUT2D eigenvalue weighted by atomic mass is 16.5. The van der Waals surface area contributed by atoms with E-state index in [1.54, 1.807) is 6.20 Å². The first-order valence-corrected chi connectivity index (χ1v) is 10.6. The van der Waals surface area contributed by atoms with Crippen molar-refractivity contribution < 1.29 is 14.3 Å². The molecular formula is C22H24N4O4. The van der Waals surface area contributed by atoms with Gasteiger partial charge in [-0.1, -0.05) is 0 Å². The molecule has 2 atom stereocenters. The fraction of sp³-hybridized carbons (Fsp3) is 0.500. The average molecular weight is 408 g/mol. The van der Waals surface area contributed by atoms with Gasteiger partial charge >= 0.3 is 0 Å². The fourth-order valence-corrected chi connectivity index (χ4v) is 5.19. The molecular weight excluding hydrogens is 384 g/mol. The van der Waals surface area contributed by atoms with Crippen molar-refractivity contribution in [3.05, 3.63) is 45.6 Å². The summed E-state index contributed by atoms with van der Waals surface area (Å²) in [6.45, 7) is 4.85. The second kappa shape index (κ2) is 6.65. The standard InChI is InChI=1S/C22H24N4O4/c1-12-6-17-16(8-15(12)22(28)25-10-13-7-19(25)30-11-13)24-21(27)18-9-23-20(26(17)18)14-2-4-29-5-3-14/h6,8-9,13-14,19H,2-5,7,10-11H2,1H3,(H,24,27)/t13-,19+/m1/s1. The normalized spacial score (nSPS) is 24.4. The van der Waals surface area contributed by atoms with Crippen LogP contribution >= 0.6 is 0 Å². The van der Waals surface area contributed by atoms with Crippen LogP contribution in [0.15, 0.2) is 23.1 Å². The zero-order valence-corrected chi connectivity index (χ0v) is 16.9. The fourth-order valence-electron chi connectivity index (χ4n) is 5.19. The number of hydrogen-bond acceptors (Lipinski definition) is 5. The lowest BCUT2D eigenvalue weighted by atomic mass is 9.99. The summed E-state index contributed by atoms with van der Waals surface area (Å²) >= 11 is 0. The maximum Gasteiger partial charge on any atom is 0.274 e. The molecule has 1 N–H and O–H groups in total. The number of carbonyl (C=O) groups excluding carboxylic acids is 1. The van der Waals surface area contributed by atoms with Gasteiger partial charge in [-0.2, -0.15) is 0 Å². The number of ether oxygens (including phenoxy) is 2. The zero-order valence-electron chi connectivity index (χ0n) is 16.9. The Hall–Kier alpha value is -2.71. The molecule has 1 aromatic carbocycles. The van der Waals surface area contributed by atoms with Gasteiger partial charge in [0.2, 0.25) is 0 Å². The lowest BCUT2D eigenvalue weighted by molar-refractivity contribution is -0.0255. The van der Waals surface area contributed by atoms with Crippen LogP contribution in [0, 0.1) is 12.8 Å². The number of carbonyl (C=O) groups is 1. The number of aromatic amines is 1. The van der Waals surface area contributed by atoms with Gasteiger partial charge in [-0.25, -0.2) is 4.98 Å². The SMILES string of the molecule is Cc1cc2c(cc1C(=O)N1C[C@@H]3CO[C@H]1C3)[nH]c(=O)c1cnc(C3CCOCC3)n12. The zero-order chi connectivity index (χ0) is 20.4. The van der Waals surface area contributed by atoms with Crippen molar-refractivity contribution in [1.29, 1.82) is 0 Å². The molecule has 3 saturated heterocycles. The Morgan fingerprint density at radius 3 is 2.80 bits per heavy atom. The Labute approximate surface area is 172 Å². The summed E-state index contributed by atoms with van der Waals surface area (Å²) in [6, 6.07) is 3.80. The third kappa shape index (κ3) is 2.63. The highest BCUT2D eigenvalue weighted by molar-refractivity contribution is 5.99. The van der Waals surface area contributed by atoms with Gasteiger partial charge in [0.1, 0.15) is 17.6 Å². The molecule has 8 nitrogen and oxygen atoms in total. The van der Waals surface area contributed by atoms with Crippen molar-refractivity contribution >= 4 is 22.5 Å². The van der Waals surface area contributed by atoms with Gasteiger partial charge in [-0.15, -0.1) is 0 Å². The summed E-state index contributed by atoms with van der Waals surface area (Å²) in [6.07, 6.45) is 4.23. The number of nitrogens with one attached hydrogen (secondary N) is 1. The molecule has 0 spiro atoms. The van der Waals surface area contributed by atoms with Crippen LogP contribution in [-0.4, -0.2) is 57.8 Å². The maximum atomic E-state index is 13.2.